The van der Waals surface area contributed by atoms with Gasteiger partial charge < -0.3 is 21.1 Å². The fourth-order valence-corrected chi connectivity index (χ4v) is 6.59. The fourth-order valence-electron chi connectivity index (χ4n) is 5.05. The van der Waals surface area contributed by atoms with E-state index in [1.807, 2.05) is 42.6 Å². The van der Waals surface area contributed by atoms with Gasteiger partial charge in [-0.2, -0.15) is 0 Å². The number of benzene rings is 2. The molecular formula is C27H36N4O4S. The Balaban J connectivity index is 1.49. The molecule has 194 valence electrons. The highest BCUT2D eigenvalue weighted by Gasteiger charge is 2.29. The van der Waals surface area contributed by atoms with Crippen molar-refractivity contribution in [1.82, 2.24) is 14.6 Å². The van der Waals surface area contributed by atoms with E-state index < -0.39 is 16.1 Å². The van der Waals surface area contributed by atoms with Crippen LogP contribution in [0.2, 0.25) is 0 Å². The zero-order valence-electron chi connectivity index (χ0n) is 20.7. The highest BCUT2D eigenvalue weighted by Crippen LogP contribution is 2.37. The van der Waals surface area contributed by atoms with E-state index in [-0.39, 0.29) is 24.0 Å². The van der Waals surface area contributed by atoms with Crippen LogP contribution in [0.25, 0.3) is 22.0 Å². The maximum Gasteiger partial charge on any atom is 0.221 e. The number of primary amides is 1. The Morgan fingerprint density at radius 1 is 1.19 bits per heavy atom. The molecule has 2 aromatic carbocycles. The summed E-state index contributed by atoms with van der Waals surface area (Å²) in [4.78, 5) is 15.1. The van der Waals surface area contributed by atoms with Crippen LogP contribution in [-0.4, -0.2) is 66.8 Å². The molecule has 1 aliphatic heterocycles. The molecule has 3 aromatic rings. The van der Waals surface area contributed by atoms with Crippen molar-refractivity contribution in [3.05, 3.63) is 59.8 Å². The van der Waals surface area contributed by atoms with Gasteiger partial charge in [0.1, 0.15) is 0 Å². The topological polar surface area (TPSA) is 129 Å². The highest BCUT2D eigenvalue weighted by molar-refractivity contribution is 7.89. The summed E-state index contributed by atoms with van der Waals surface area (Å²) in [6, 6.07) is 14.2. The van der Waals surface area contributed by atoms with Gasteiger partial charge in [0.15, 0.2) is 0 Å². The Hall–Kier alpha value is -2.72. The number of nitrogens with one attached hydrogen (secondary N) is 2. The number of carbonyl (C=O) groups excluding carboxylic acids is 1. The lowest BCUT2D eigenvalue weighted by molar-refractivity contribution is -0.117. The van der Waals surface area contributed by atoms with Gasteiger partial charge in [0, 0.05) is 36.7 Å². The van der Waals surface area contributed by atoms with Gasteiger partial charge in [-0.25, -0.2) is 12.7 Å². The van der Waals surface area contributed by atoms with Crippen molar-refractivity contribution in [2.45, 2.75) is 44.6 Å². The van der Waals surface area contributed by atoms with E-state index in [2.05, 4.69) is 16.4 Å². The molecule has 1 saturated heterocycles. The predicted octanol–water partition coefficient (Wildman–Crippen LogP) is 2.73. The van der Waals surface area contributed by atoms with Crippen molar-refractivity contribution in [2.24, 2.45) is 5.73 Å². The molecule has 1 aliphatic rings. The summed E-state index contributed by atoms with van der Waals surface area (Å²) in [5, 5.41) is 13.4. The van der Waals surface area contributed by atoms with Gasteiger partial charge >= 0.3 is 0 Å². The van der Waals surface area contributed by atoms with E-state index in [9.17, 15) is 18.3 Å². The number of amides is 1. The maximum absolute atomic E-state index is 12.8. The first-order chi connectivity index (χ1) is 17.2. The fraction of sp³-hybridized carbons (Fsp3) is 0.444. The Bertz CT molecular complexity index is 1280. The van der Waals surface area contributed by atoms with E-state index in [1.165, 1.54) is 0 Å². The van der Waals surface area contributed by atoms with Crippen molar-refractivity contribution in [1.29, 1.82) is 0 Å². The number of aromatic amines is 1. The van der Waals surface area contributed by atoms with Crippen LogP contribution in [0.15, 0.2) is 48.7 Å². The molecule has 8 nitrogen and oxygen atoms in total. The van der Waals surface area contributed by atoms with E-state index in [0.29, 0.717) is 32.6 Å². The van der Waals surface area contributed by atoms with E-state index in [1.54, 1.807) is 11.2 Å². The normalized spacial score (nSPS) is 16.4. The molecule has 2 heterocycles. The first kappa shape index (κ1) is 26.3. The number of sulfonamides is 1. The van der Waals surface area contributed by atoms with Crippen LogP contribution in [0.4, 0.5) is 0 Å². The summed E-state index contributed by atoms with van der Waals surface area (Å²) in [6.45, 7) is 3.71. The molecule has 1 unspecified atom stereocenters. The maximum atomic E-state index is 12.8. The molecule has 0 saturated carbocycles. The minimum Gasteiger partial charge on any atom is -0.392 e. The molecule has 0 spiro atoms. The smallest absolute Gasteiger partial charge is 0.221 e. The summed E-state index contributed by atoms with van der Waals surface area (Å²) in [7, 11) is -3.31. The third kappa shape index (κ3) is 6.34. The van der Waals surface area contributed by atoms with Crippen molar-refractivity contribution in [2.75, 3.05) is 31.9 Å². The monoisotopic (exact) mass is 512 g/mol. The number of hydrogen-bond acceptors (Lipinski definition) is 5. The number of aromatic nitrogens is 1. The molecule has 1 aromatic heterocycles. The molecule has 0 radical (unpaired) electrons. The molecular weight excluding hydrogens is 476 g/mol. The van der Waals surface area contributed by atoms with Crippen molar-refractivity contribution < 1.29 is 18.3 Å². The number of rotatable bonds is 11. The Labute approximate surface area is 212 Å². The van der Waals surface area contributed by atoms with Crippen LogP contribution < -0.4 is 11.1 Å². The van der Waals surface area contributed by atoms with Gasteiger partial charge in [0.25, 0.3) is 0 Å². The molecule has 0 aliphatic carbocycles. The molecule has 0 bridgehead atoms. The standard InChI is InChI=1S/C27H36N4O4S/c1-19(32)17-29-10-5-13-36(34,35)31-11-8-21(9-12-31)25-18-30-27-23(16-26(28)33)14-22(15-24(25)27)20-6-3-2-4-7-20/h2-4,6-7,14-15,18-19,21,29-30,32H,5,8-13,16-17H2,1H3,(H2,28,33). The van der Waals surface area contributed by atoms with Gasteiger partial charge in [-0.05, 0) is 73.0 Å². The summed E-state index contributed by atoms with van der Waals surface area (Å²) in [5.74, 6) is -0.0447. The lowest BCUT2D eigenvalue weighted by atomic mass is 9.88. The van der Waals surface area contributed by atoms with Crippen LogP contribution >= 0.6 is 0 Å². The van der Waals surface area contributed by atoms with Crippen LogP contribution in [-0.2, 0) is 21.2 Å². The number of fused-ring (bicyclic) bond motifs is 1. The molecule has 5 N–H and O–H groups in total. The Kier molecular flexibility index (Phi) is 8.46. The average molecular weight is 513 g/mol. The minimum atomic E-state index is -3.31. The zero-order chi connectivity index (χ0) is 25.7. The van der Waals surface area contributed by atoms with E-state index in [0.717, 1.165) is 46.0 Å². The second-order valence-corrected chi connectivity index (χ2v) is 11.8. The van der Waals surface area contributed by atoms with Gasteiger partial charge in [-0.3, -0.25) is 4.79 Å². The minimum absolute atomic E-state index is 0.106. The lowest BCUT2D eigenvalue weighted by Gasteiger charge is -2.31. The second kappa shape index (κ2) is 11.6. The number of piperidine rings is 1. The molecule has 36 heavy (non-hydrogen) atoms. The van der Waals surface area contributed by atoms with Gasteiger partial charge in [0.05, 0.1) is 18.3 Å². The van der Waals surface area contributed by atoms with Crippen molar-refractivity contribution in [3.8, 4) is 11.1 Å². The van der Waals surface area contributed by atoms with Gasteiger partial charge in [0.2, 0.25) is 15.9 Å². The second-order valence-electron chi connectivity index (χ2n) is 9.71. The van der Waals surface area contributed by atoms with E-state index >= 15 is 0 Å². The lowest BCUT2D eigenvalue weighted by Crippen LogP contribution is -2.39. The third-order valence-corrected chi connectivity index (χ3v) is 8.81. The number of H-pyrrole nitrogens is 1. The number of aliphatic hydroxyl groups excluding tert-OH is 1. The van der Waals surface area contributed by atoms with Crippen LogP contribution in [0, 0.1) is 0 Å². The summed E-state index contributed by atoms with van der Waals surface area (Å²) < 4.78 is 27.3. The zero-order valence-corrected chi connectivity index (χ0v) is 21.6. The molecule has 1 atom stereocenters. The predicted molar refractivity (Wildman–Crippen MR) is 143 cm³/mol. The molecule has 4 rings (SSSR count). The van der Waals surface area contributed by atoms with Crippen LogP contribution in [0.5, 0.6) is 0 Å². The third-order valence-electron chi connectivity index (χ3n) is 6.86. The van der Waals surface area contributed by atoms with Gasteiger partial charge in [-0.15, -0.1) is 0 Å². The summed E-state index contributed by atoms with van der Waals surface area (Å²) >= 11 is 0. The van der Waals surface area contributed by atoms with Crippen molar-refractivity contribution in [3.63, 3.8) is 0 Å². The largest absolute Gasteiger partial charge is 0.392 e. The summed E-state index contributed by atoms with van der Waals surface area (Å²) in [6.07, 6.45) is 3.72. The van der Waals surface area contributed by atoms with E-state index in [4.69, 9.17) is 5.73 Å². The number of carbonyl (C=O) groups is 1. The first-order valence-corrected chi connectivity index (χ1v) is 14.2. The molecule has 9 heteroatoms. The Morgan fingerprint density at radius 2 is 1.92 bits per heavy atom. The van der Waals surface area contributed by atoms with Gasteiger partial charge in [-0.1, -0.05) is 30.3 Å². The molecule has 1 fully saturated rings. The van der Waals surface area contributed by atoms with Crippen molar-refractivity contribution >= 4 is 26.8 Å². The Morgan fingerprint density at radius 3 is 2.58 bits per heavy atom. The number of hydrogen-bond donors (Lipinski definition) is 4. The van der Waals surface area contributed by atoms with Crippen LogP contribution in [0.1, 0.15) is 43.2 Å². The van der Waals surface area contributed by atoms with Crippen LogP contribution in [0.3, 0.4) is 0 Å². The number of aliphatic hydroxyl groups is 1. The first-order valence-electron chi connectivity index (χ1n) is 12.6. The number of nitrogens with zero attached hydrogens (tertiary/aromatic N) is 1. The molecule has 1 amide bonds. The highest BCUT2D eigenvalue weighted by atomic mass is 32.2. The average Bonchev–Trinajstić information content (AvgIpc) is 3.28. The SMILES string of the molecule is CC(O)CNCCCS(=O)(=O)N1CCC(c2c[nH]c3c(CC(N)=O)cc(-c4ccccc4)cc23)CC1. The quantitative estimate of drug-likeness (QED) is 0.294. The number of nitrogens with two attached hydrogens (primary N) is 1. The summed E-state index contributed by atoms with van der Waals surface area (Å²) in [5.41, 5.74) is 10.6.